The van der Waals surface area contributed by atoms with Gasteiger partial charge in [-0.15, -0.1) is 0 Å². The van der Waals surface area contributed by atoms with Crippen LogP contribution < -0.4 is 15.2 Å². The van der Waals surface area contributed by atoms with E-state index in [4.69, 9.17) is 15.2 Å². The molecule has 0 spiro atoms. The molecule has 1 aromatic rings. The lowest BCUT2D eigenvalue weighted by Gasteiger charge is -2.26. The van der Waals surface area contributed by atoms with Crippen molar-refractivity contribution in [1.29, 1.82) is 0 Å². The van der Waals surface area contributed by atoms with Crippen LogP contribution in [-0.4, -0.2) is 28.2 Å². The fourth-order valence-corrected chi connectivity index (χ4v) is 2.06. The Balaban J connectivity index is 1.92. The van der Waals surface area contributed by atoms with Gasteiger partial charge in [-0.3, -0.25) is 4.98 Å². The third kappa shape index (κ3) is 3.84. The second-order valence-corrected chi connectivity index (χ2v) is 5.02. The van der Waals surface area contributed by atoms with Crippen LogP contribution in [0.4, 0.5) is 0 Å². The van der Waals surface area contributed by atoms with Crippen LogP contribution in [-0.2, 0) is 0 Å². The number of nitrogens with two attached hydrogens (primary N) is 1. The fraction of sp³-hybridized carbons (Fsp3) is 0.692. The predicted octanol–water partition coefficient (Wildman–Crippen LogP) is 1.91. The van der Waals surface area contributed by atoms with E-state index in [1.54, 1.807) is 12.4 Å². The van der Waals surface area contributed by atoms with Gasteiger partial charge >= 0.3 is 0 Å². The minimum absolute atomic E-state index is 0.0854. The molecule has 0 bridgehead atoms. The van der Waals surface area contributed by atoms with E-state index in [1.165, 1.54) is 0 Å². The molecule has 0 unspecified atom stereocenters. The van der Waals surface area contributed by atoms with Crippen molar-refractivity contribution in [3.63, 3.8) is 0 Å². The zero-order valence-corrected chi connectivity index (χ0v) is 11.0. The maximum atomic E-state index is 5.87. The molecule has 2 rings (SSSR count). The van der Waals surface area contributed by atoms with Crippen LogP contribution in [0.1, 0.15) is 39.5 Å². The largest absolute Gasteiger partial charge is 0.474 e. The normalized spacial score (nSPS) is 24.0. The van der Waals surface area contributed by atoms with E-state index >= 15 is 0 Å². The maximum Gasteiger partial charge on any atom is 0.235 e. The first-order valence-electron chi connectivity index (χ1n) is 6.54. The van der Waals surface area contributed by atoms with Crippen molar-refractivity contribution in [3.8, 4) is 11.8 Å². The first kappa shape index (κ1) is 13.1. The number of hydrogen-bond acceptors (Lipinski definition) is 5. The molecule has 0 radical (unpaired) electrons. The SMILES string of the molecule is CC(C)Oc1cncc(OC2CCC(N)CC2)n1. The molecule has 0 aliphatic heterocycles. The van der Waals surface area contributed by atoms with E-state index in [2.05, 4.69) is 9.97 Å². The summed E-state index contributed by atoms with van der Waals surface area (Å²) in [4.78, 5) is 8.37. The summed E-state index contributed by atoms with van der Waals surface area (Å²) in [6, 6.07) is 0.326. The van der Waals surface area contributed by atoms with Gasteiger partial charge in [0.1, 0.15) is 6.10 Å². The summed E-state index contributed by atoms with van der Waals surface area (Å²) >= 11 is 0. The minimum Gasteiger partial charge on any atom is -0.474 e. The second kappa shape index (κ2) is 6.00. The van der Waals surface area contributed by atoms with Crippen molar-refractivity contribution >= 4 is 0 Å². The fourth-order valence-electron chi connectivity index (χ4n) is 2.06. The Bertz CT molecular complexity index is 376. The molecule has 1 aliphatic rings. The predicted molar refractivity (Wildman–Crippen MR) is 68.7 cm³/mol. The second-order valence-electron chi connectivity index (χ2n) is 5.02. The van der Waals surface area contributed by atoms with Gasteiger partial charge in [-0.25, -0.2) is 0 Å². The Morgan fingerprint density at radius 2 is 1.83 bits per heavy atom. The number of ether oxygens (including phenoxy) is 2. The highest BCUT2D eigenvalue weighted by molar-refractivity contribution is 5.13. The number of hydrogen-bond donors (Lipinski definition) is 1. The molecular formula is C13H21N3O2. The average Bonchev–Trinajstić information content (AvgIpc) is 2.32. The summed E-state index contributed by atoms with van der Waals surface area (Å²) in [5, 5.41) is 0. The smallest absolute Gasteiger partial charge is 0.235 e. The molecular weight excluding hydrogens is 230 g/mol. The van der Waals surface area contributed by atoms with Crippen LogP contribution >= 0.6 is 0 Å². The van der Waals surface area contributed by atoms with E-state index in [1.807, 2.05) is 13.8 Å². The van der Waals surface area contributed by atoms with Gasteiger partial charge in [0.15, 0.2) is 0 Å². The monoisotopic (exact) mass is 251 g/mol. The molecule has 5 heteroatoms. The van der Waals surface area contributed by atoms with Crippen LogP contribution in [0.5, 0.6) is 11.8 Å². The van der Waals surface area contributed by atoms with Crippen LogP contribution in [0.15, 0.2) is 12.4 Å². The number of rotatable bonds is 4. The van der Waals surface area contributed by atoms with Gasteiger partial charge in [0, 0.05) is 6.04 Å². The number of nitrogens with zero attached hydrogens (tertiary/aromatic N) is 2. The van der Waals surface area contributed by atoms with Gasteiger partial charge in [0.05, 0.1) is 18.5 Å². The van der Waals surface area contributed by atoms with Crippen molar-refractivity contribution in [3.05, 3.63) is 12.4 Å². The molecule has 5 nitrogen and oxygen atoms in total. The first-order chi connectivity index (χ1) is 8.63. The molecule has 1 heterocycles. The standard InChI is InChI=1S/C13H21N3O2/c1-9(2)17-12-7-15-8-13(16-12)18-11-5-3-10(14)4-6-11/h7-11H,3-6,14H2,1-2H3. The van der Waals surface area contributed by atoms with Crippen molar-refractivity contribution < 1.29 is 9.47 Å². The molecule has 0 saturated heterocycles. The van der Waals surface area contributed by atoms with Gasteiger partial charge in [-0.2, -0.15) is 4.98 Å². The lowest BCUT2D eigenvalue weighted by atomic mass is 9.94. The summed E-state index contributed by atoms with van der Waals surface area (Å²) in [6.07, 6.45) is 7.51. The highest BCUT2D eigenvalue weighted by atomic mass is 16.5. The van der Waals surface area contributed by atoms with E-state index in [9.17, 15) is 0 Å². The van der Waals surface area contributed by atoms with Gasteiger partial charge in [-0.05, 0) is 39.5 Å². The number of aromatic nitrogens is 2. The summed E-state index contributed by atoms with van der Waals surface area (Å²) in [5.74, 6) is 1.05. The maximum absolute atomic E-state index is 5.87. The molecule has 0 atom stereocenters. The van der Waals surface area contributed by atoms with Crippen LogP contribution in [0.2, 0.25) is 0 Å². The lowest BCUT2D eigenvalue weighted by Crippen LogP contribution is -2.31. The Kier molecular flexibility index (Phi) is 4.36. The summed E-state index contributed by atoms with van der Waals surface area (Å²) < 4.78 is 11.3. The summed E-state index contributed by atoms with van der Waals surface area (Å²) in [5.41, 5.74) is 5.87. The molecule has 0 aromatic carbocycles. The van der Waals surface area contributed by atoms with E-state index in [0.717, 1.165) is 25.7 Å². The van der Waals surface area contributed by atoms with Gasteiger partial charge in [0.2, 0.25) is 11.8 Å². The lowest BCUT2D eigenvalue weighted by molar-refractivity contribution is 0.137. The van der Waals surface area contributed by atoms with Crippen molar-refractivity contribution in [1.82, 2.24) is 9.97 Å². The van der Waals surface area contributed by atoms with Crippen LogP contribution in [0.3, 0.4) is 0 Å². The third-order valence-electron chi connectivity index (χ3n) is 2.95. The van der Waals surface area contributed by atoms with Crippen LogP contribution in [0.25, 0.3) is 0 Å². The molecule has 100 valence electrons. The van der Waals surface area contributed by atoms with Crippen molar-refractivity contribution in [2.24, 2.45) is 5.73 Å². The zero-order chi connectivity index (χ0) is 13.0. The molecule has 1 fully saturated rings. The Morgan fingerprint density at radius 1 is 1.17 bits per heavy atom. The zero-order valence-electron chi connectivity index (χ0n) is 11.0. The topological polar surface area (TPSA) is 70.3 Å². The summed E-state index contributed by atoms with van der Waals surface area (Å²) in [6.45, 7) is 3.91. The van der Waals surface area contributed by atoms with Gasteiger partial charge < -0.3 is 15.2 Å². The van der Waals surface area contributed by atoms with Gasteiger partial charge in [0.25, 0.3) is 0 Å². The molecule has 0 amide bonds. The molecule has 18 heavy (non-hydrogen) atoms. The Hall–Kier alpha value is -1.36. The average molecular weight is 251 g/mol. The Labute approximate surface area is 108 Å². The molecule has 1 saturated carbocycles. The quantitative estimate of drug-likeness (QED) is 0.885. The Morgan fingerprint density at radius 3 is 2.50 bits per heavy atom. The van der Waals surface area contributed by atoms with E-state index in [0.29, 0.717) is 17.8 Å². The molecule has 1 aliphatic carbocycles. The van der Waals surface area contributed by atoms with Crippen molar-refractivity contribution in [2.75, 3.05) is 0 Å². The summed E-state index contributed by atoms with van der Waals surface area (Å²) in [7, 11) is 0. The first-order valence-corrected chi connectivity index (χ1v) is 6.54. The highest BCUT2D eigenvalue weighted by Gasteiger charge is 2.20. The third-order valence-corrected chi connectivity index (χ3v) is 2.95. The highest BCUT2D eigenvalue weighted by Crippen LogP contribution is 2.22. The van der Waals surface area contributed by atoms with Crippen molar-refractivity contribution in [2.45, 2.75) is 57.8 Å². The van der Waals surface area contributed by atoms with E-state index in [-0.39, 0.29) is 12.2 Å². The minimum atomic E-state index is 0.0854. The van der Waals surface area contributed by atoms with Crippen LogP contribution in [0, 0.1) is 0 Å². The van der Waals surface area contributed by atoms with Gasteiger partial charge in [-0.1, -0.05) is 0 Å². The molecule has 2 N–H and O–H groups in total. The van der Waals surface area contributed by atoms with E-state index < -0.39 is 0 Å². The molecule has 1 aromatic heterocycles.